The van der Waals surface area contributed by atoms with E-state index in [1.54, 1.807) is 0 Å². The Morgan fingerprint density at radius 2 is 2.30 bits per heavy atom. The normalized spacial score (nSPS) is 19.0. The molecule has 3 rings (SSSR count). The summed E-state index contributed by atoms with van der Waals surface area (Å²) in [7, 11) is 2.06. The van der Waals surface area contributed by atoms with Gasteiger partial charge in [-0.25, -0.2) is 4.79 Å². The fourth-order valence-electron chi connectivity index (χ4n) is 2.68. The molecule has 2 aromatic rings. The minimum atomic E-state index is -0.995. The summed E-state index contributed by atoms with van der Waals surface area (Å²) in [6.45, 7) is 0.615. The quantitative estimate of drug-likeness (QED) is 0.938. The van der Waals surface area contributed by atoms with Crippen molar-refractivity contribution >= 4 is 28.7 Å². The maximum atomic E-state index is 11.4. The van der Waals surface area contributed by atoms with Crippen LogP contribution in [0.2, 0.25) is 0 Å². The molecule has 2 heterocycles. The number of hydrogen-bond acceptors (Lipinski definition) is 4. The second-order valence-corrected chi connectivity index (χ2v) is 6.29. The molecule has 0 radical (unpaired) electrons. The summed E-state index contributed by atoms with van der Waals surface area (Å²) in [6, 6.07) is 8.04. The summed E-state index contributed by atoms with van der Waals surface area (Å²) < 4.78 is 5.49. The Morgan fingerprint density at radius 3 is 3.00 bits per heavy atom. The van der Waals surface area contributed by atoms with Crippen LogP contribution in [0.25, 0.3) is 11.0 Å². The number of fused-ring (bicyclic) bond motifs is 1. The van der Waals surface area contributed by atoms with Crippen molar-refractivity contribution < 1.29 is 14.3 Å². The van der Waals surface area contributed by atoms with Crippen LogP contribution in [0.3, 0.4) is 0 Å². The second-order valence-electron chi connectivity index (χ2n) is 5.14. The van der Waals surface area contributed by atoms with E-state index in [0.29, 0.717) is 18.2 Å². The van der Waals surface area contributed by atoms with E-state index in [1.807, 2.05) is 36.0 Å². The molecule has 0 saturated carbocycles. The highest BCUT2D eigenvalue weighted by atomic mass is 32.2. The van der Waals surface area contributed by atoms with Gasteiger partial charge < -0.3 is 9.52 Å². The van der Waals surface area contributed by atoms with E-state index in [2.05, 4.69) is 11.9 Å². The largest absolute Gasteiger partial charge is 0.475 e. The van der Waals surface area contributed by atoms with Crippen molar-refractivity contribution in [2.75, 3.05) is 18.6 Å². The summed E-state index contributed by atoms with van der Waals surface area (Å²) in [4.78, 5) is 13.6. The number of para-hydroxylation sites is 1. The Kier molecular flexibility index (Phi) is 3.72. The molecule has 0 aliphatic carbocycles. The summed E-state index contributed by atoms with van der Waals surface area (Å²) in [5.41, 5.74) is 1.43. The molecule has 1 saturated heterocycles. The Bertz CT molecular complexity index is 631. The van der Waals surface area contributed by atoms with Crippen LogP contribution >= 0.6 is 11.8 Å². The molecule has 0 bridgehead atoms. The third-order valence-corrected chi connectivity index (χ3v) is 4.97. The average Bonchev–Trinajstić information content (AvgIpc) is 3.06. The van der Waals surface area contributed by atoms with Gasteiger partial charge in [0.2, 0.25) is 5.76 Å². The summed E-state index contributed by atoms with van der Waals surface area (Å²) in [5.74, 6) is 1.39. The molecule has 5 heteroatoms. The Morgan fingerprint density at radius 1 is 1.50 bits per heavy atom. The Hall–Kier alpha value is -1.46. The van der Waals surface area contributed by atoms with E-state index in [0.717, 1.165) is 16.7 Å². The molecule has 20 heavy (non-hydrogen) atoms. The van der Waals surface area contributed by atoms with Crippen LogP contribution in [0.4, 0.5) is 0 Å². The predicted octanol–water partition coefficient (Wildman–Crippen LogP) is 3.07. The molecule has 1 unspecified atom stereocenters. The minimum absolute atomic E-state index is 0.0729. The van der Waals surface area contributed by atoms with E-state index in [9.17, 15) is 9.90 Å². The molecule has 1 atom stereocenters. The van der Waals surface area contributed by atoms with Gasteiger partial charge in [-0.2, -0.15) is 11.8 Å². The molecule has 0 spiro atoms. The minimum Gasteiger partial charge on any atom is -0.475 e. The number of furan rings is 1. The first-order valence-corrected chi connectivity index (χ1v) is 7.84. The first-order chi connectivity index (χ1) is 9.66. The van der Waals surface area contributed by atoms with Gasteiger partial charge in [0.15, 0.2) is 0 Å². The van der Waals surface area contributed by atoms with Crippen LogP contribution in [0.1, 0.15) is 22.5 Å². The maximum Gasteiger partial charge on any atom is 0.372 e. The van der Waals surface area contributed by atoms with Crippen molar-refractivity contribution in [3.63, 3.8) is 0 Å². The smallest absolute Gasteiger partial charge is 0.372 e. The SMILES string of the molecule is CN(Cc1c(C(=O)O)oc2ccccc12)C1CCSC1. The standard InChI is InChI=1S/C15H17NO3S/c1-16(10-6-7-20-9-10)8-12-11-4-2-3-5-13(11)19-14(12)15(17)18/h2-5,10H,6-9H2,1H3,(H,17,18). The lowest BCUT2D eigenvalue weighted by molar-refractivity contribution is 0.0661. The first kappa shape index (κ1) is 13.5. The zero-order valence-corrected chi connectivity index (χ0v) is 12.2. The molecule has 4 nitrogen and oxygen atoms in total. The predicted molar refractivity (Wildman–Crippen MR) is 80.4 cm³/mol. The second kappa shape index (κ2) is 5.50. The zero-order chi connectivity index (χ0) is 14.1. The molecular weight excluding hydrogens is 274 g/mol. The molecule has 1 aromatic carbocycles. The third-order valence-electron chi connectivity index (χ3n) is 3.83. The van der Waals surface area contributed by atoms with E-state index in [1.165, 1.54) is 12.2 Å². The molecule has 1 aliphatic heterocycles. The van der Waals surface area contributed by atoms with Gasteiger partial charge in [0.25, 0.3) is 0 Å². The average molecular weight is 291 g/mol. The third kappa shape index (κ3) is 2.43. The lowest BCUT2D eigenvalue weighted by Crippen LogP contribution is -2.31. The van der Waals surface area contributed by atoms with Crippen molar-refractivity contribution in [2.24, 2.45) is 0 Å². The molecule has 106 valence electrons. The monoisotopic (exact) mass is 291 g/mol. The lowest BCUT2D eigenvalue weighted by atomic mass is 10.1. The fraction of sp³-hybridized carbons (Fsp3) is 0.400. The first-order valence-electron chi connectivity index (χ1n) is 6.68. The van der Waals surface area contributed by atoms with Crippen LogP contribution in [-0.4, -0.2) is 40.6 Å². The van der Waals surface area contributed by atoms with Crippen LogP contribution in [0.5, 0.6) is 0 Å². The summed E-state index contributed by atoms with van der Waals surface area (Å²) in [5, 5.41) is 10.2. The van der Waals surface area contributed by atoms with E-state index < -0.39 is 5.97 Å². The number of benzene rings is 1. The highest BCUT2D eigenvalue weighted by molar-refractivity contribution is 7.99. The molecular formula is C15H17NO3S. The molecule has 1 N–H and O–H groups in total. The summed E-state index contributed by atoms with van der Waals surface area (Å²) in [6.07, 6.45) is 1.17. The van der Waals surface area contributed by atoms with Gasteiger partial charge in [-0.3, -0.25) is 4.90 Å². The van der Waals surface area contributed by atoms with Crippen molar-refractivity contribution in [3.05, 3.63) is 35.6 Å². The number of carboxylic acid groups (broad SMARTS) is 1. The number of carboxylic acids is 1. The zero-order valence-electron chi connectivity index (χ0n) is 11.3. The van der Waals surface area contributed by atoms with Crippen molar-refractivity contribution in [1.82, 2.24) is 4.90 Å². The van der Waals surface area contributed by atoms with Gasteiger partial charge in [0.1, 0.15) is 5.58 Å². The molecule has 1 aromatic heterocycles. The van der Waals surface area contributed by atoms with Gasteiger partial charge in [0.05, 0.1) is 0 Å². The van der Waals surface area contributed by atoms with Crippen molar-refractivity contribution in [3.8, 4) is 0 Å². The van der Waals surface area contributed by atoms with Gasteiger partial charge in [0, 0.05) is 29.3 Å². The van der Waals surface area contributed by atoms with E-state index in [-0.39, 0.29) is 5.76 Å². The van der Waals surface area contributed by atoms with Gasteiger partial charge in [-0.05, 0) is 25.3 Å². The highest BCUT2D eigenvalue weighted by Gasteiger charge is 2.25. The highest BCUT2D eigenvalue weighted by Crippen LogP contribution is 2.29. The number of rotatable bonds is 4. The van der Waals surface area contributed by atoms with E-state index in [4.69, 9.17) is 4.42 Å². The fourth-order valence-corrected chi connectivity index (χ4v) is 3.98. The lowest BCUT2D eigenvalue weighted by Gasteiger charge is -2.23. The Balaban J connectivity index is 1.96. The number of carbonyl (C=O) groups is 1. The van der Waals surface area contributed by atoms with Crippen molar-refractivity contribution in [2.45, 2.75) is 19.0 Å². The molecule has 1 fully saturated rings. The topological polar surface area (TPSA) is 53.7 Å². The van der Waals surface area contributed by atoms with Gasteiger partial charge >= 0.3 is 5.97 Å². The number of nitrogens with zero attached hydrogens (tertiary/aromatic N) is 1. The van der Waals surface area contributed by atoms with Crippen LogP contribution in [0.15, 0.2) is 28.7 Å². The number of aromatic carboxylic acids is 1. The molecule has 0 amide bonds. The van der Waals surface area contributed by atoms with Crippen LogP contribution < -0.4 is 0 Å². The number of thioether (sulfide) groups is 1. The van der Waals surface area contributed by atoms with Crippen molar-refractivity contribution in [1.29, 1.82) is 0 Å². The van der Waals surface area contributed by atoms with Crippen LogP contribution in [0, 0.1) is 0 Å². The van der Waals surface area contributed by atoms with E-state index >= 15 is 0 Å². The summed E-state index contributed by atoms with van der Waals surface area (Å²) >= 11 is 1.96. The van der Waals surface area contributed by atoms with Gasteiger partial charge in [-0.15, -0.1) is 0 Å². The Labute approximate surface area is 121 Å². The van der Waals surface area contributed by atoms with Gasteiger partial charge in [-0.1, -0.05) is 18.2 Å². The van der Waals surface area contributed by atoms with Crippen LogP contribution in [-0.2, 0) is 6.54 Å². The number of hydrogen-bond donors (Lipinski definition) is 1. The molecule has 1 aliphatic rings. The maximum absolute atomic E-state index is 11.4.